The van der Waals surface area contributed by atoms with E-state index in [2.05, 4.69) is 132 Å². The number of hydrogen-bond donors (Lipinski definition) is 0. The van der Waals surface area contributed by atoms with Crippen LogP contribution in [0.2, 0.25) is 0 Å². The van der Waals surface area contributed by atoms with Crippen LogP contribution >= 0.6 is 0 Å². The van der Waals surface area contributed by atoms with Crippen molar-refractivity contribution < 1.29 is 4.74 Å². The van der Waals surface area contributed by atoms with Crippen molar-refractivity contribution in [3.63, 3.8) is 0 Å². The minimum Gasteiger partial charge on any atom is -0.457 e. The molecule has 5 heteroatoms. The van der Waals surface area contributed by atoms with Crippen molar-refractivity contribution in [3.8, 4) is 79.0 Å². The Morgan fingerprint density at radius 1 is 0.339 bits per heavy atom. The molecule has 0 N–H and O–H groups in total. The average molecular weight is 717 g/mol. The number of nitrogens with zero attached hydrogens (tertiary/aromatic N) is 4. The Hall–Kier alpha value is -7.50. The van der Waals surface area contributed by atoms with E-state index >= 15 is 0 Å². The Morgan fingerprint density at radius 2 is 0.821 bits per heavy atom. The second-order valence-corrected chi connectivity index (χ2v) is 14.2. The zero-order valence-electron chi connectivity index (χ0n) is 30.2. The summed E-state index contributed by atoms with van der Waals surface area (Å²) in [5.41, 5.74) is 13.4. The third-order valence-corrected chi connectivity index (χ3v) is 11.1. The van der Waals surface area contributed by atoms with Crippen LogP contribution in [0.25, 0.3) is 67.5 Å². The van der Waals surface area contributed by atoms with Gasteiger partial charge in [-0.15, -0.1) is 0 Å². The molecule has 0 saturated heterocycles. The monoisotopic (exact) mass is 716 g/mol. The fourth-order valence-corrected chi connectivity index (χ4v) is 8.57. The highest BCUT2D eigenvalue weighted by atomic mass is 16.5. The van der Waals surface area contributed by atoms with Gasteiger partial charge in [0.2, 0.25) is 0 Å². The van der Waals surface area contributed by atoms with Gasteiger partial charge in [-0.3, -0.25) is 4.98 Å². The van der Waals surface area contributed by atoms with Gasteiger partial charge < -0.3 is 4.74 Å². The molecule has 11 rings (SSSR count). The van der Waals surface area contributed by atoms with Gasteiger partial charge in [0.15, 0.2) is 17.5 Å². The van der Waals surface area contributed by atoms with E-state index in [0.29, 0.717) is 17.5 Å². The number of pyridine rings is 1. The summed E-state index contributed by atoms with van der Waals surface area (Å²) < 4.78 is 6.65. The molecule has 1 aliphatic heterocycles. The first-order valence-electron chi connectivity index (χ1n) is 18.8. The maximum absolute atomic E-state index is 6.65. The second-order valence-electron chi connectivity index (χ2n) is 14.2. The van der Waals surface area contributed by atoms with E-state index in [1.165, 1.54) is 16.7 Å². The van der Waals surface area contributed by atoms with Gasteiger partial charge in [-0.2, -0.15) is 0 Å². The molecule has 0 amide bonds. The highest BCUT2D eigenvalue weighted by Gasteiger charge is 2.51. The second kappa shape index (κ2) is 12.8. The number of ether oxygens (including phenoxy) is 1. The van der Waals surface area contributed by atoms with E-state index in [4.69, 9.17) is 19.7 Å². The standard InChI is InChI=1S/C51H32N4O/c1-3-13-33(14-4-1)35-17-11-18-37(29-35)49-53-48(34-15-5-2-6-16-34)54-50(55-49)38-25-27-41-40-26-24-36(39-19-12-28-52-32-39)30-44(40)51(45(41)31-38)42-20-7-9-22-46(42)56-47-23-10-8-21-43(47)51/h1-32H. The van der Waals surface area contributed by atoms with Crippen LogP contribution in [0.3, 0.4) is 0 Å². The predicted octanol–water partition coefficient (Wildman–Crippen LogP) is 12.1. The summed E-state index contributed by atoms with van der Waals surface area (Å²) in [5.74, 6) is 3.53. The molecule has 0 radical (unpaired) electrons. The number of para-hydroxylation sites is 2. The number of fused-ring (bicyclic) bond motifs is 9. The van der Waals surface area contributed by atoms with Crippen molar-refractivity contribution in [1.82, 2.24) is 19.9 Å². The molecule has 9 aromatic rings. The first-order valence-corrected chi connectivity index (χ1v) is 18.8. The number of hydrogen-bond acceptors (Lipinski definition) is 5. The Balaban J connectivity index is 1.16. The zero-order valence-corrected chi connectivity index (χ0v) is 30.2. The number of benzene rings is 7. The molecule has 0 saturated carbocycles. The summed E-state index contributed by atoms with van der Waals surface area (Å²) in [6.45, 7) is 0. The minimum atomic E-state index is -0.674. The van der Waals surface area contributed by atoms with Gasteiger partial charge in [0.05, 0.1) is 5.41 Å². The summed E-state index contributed by atoms with van der Waals surface area (Å²) in [4.78, 5) is 19.9. The van der Waals surface area contributed by atoms with Gasteiger partial charge in [-0.25, -0.2) is 15.0 Å². The van der Waals surface area contributed by atoms with Gasteiger partial charge >= 0.3 is 0 Å². The lowest BCUT2D eigenvalue weighted by molar-refractivity contribution is 0.436. The summed E-state index contributed by atoms with van der Waals surface area (Å²) in [7, 11) is 0. The van der Waals surface area contributed by atoms with Crippen molar-refractivity contribution in [2.75, 3.05) is 0 Å². The third-order valence-electron chi connectivity index (χ3n) is 11.1. The van der Waals surface area contributed by atoms with Crippen molar-refractivity contribution in [3.05, 3.63) is 217 Å². The van der Waals surface area contributed by atoms with Crippen LogP contribution in [0, 0.1) is 0 Å². The van der Waals surface area contributed by atoms with E-state index in [9.17, 15) is 0 Å². The Kier molecular flexibility index (Phi) is 7.32. The highest BCUT2D eigenvalue weighted by molar-refractivity contribution is 5.91. The van der Waals surface area contributed by atoms with E-state index in [0.717, 1.165) is 67.1 Å². The number of aromatic nitrogens is 4. The van der Waals surface area contributed by atoms with Crippen LogP contribution in [-0.4, -0.2) is 19.9 Å². The molecule has 56 heavy (non-hydrogen) atoms. The van der Waals surface area contributed by atoms with Crippen LogP contribution in [0.15, 0.2) is 194 Å². The van der Waals surface area contributed by atoms with E-state index in [-0.39, 0.29) is 0 Å². The van der Waals surface area contributed by atoms with Crippen LogP contribution in [0.4, 0.5) is 0 Å². The van der Waals surface area contributed by atoms with Crippen molar-refractivity contribution in [1.29, 1.82) is 0 Å². The summed E-state index contributed by atoms with van der Waals surface area (Å²) >= 11 is 0. The lowest BCUT2D eigenvalue weighted by Crippen LogP contribution is -2.32. The highest BCUT2D eigenvalue weighted by Crippen LogP contribution is 2.62. The molecule has 2 aliphatic rings. The molecule has 0 bridgehead atoms. The molecule has 0 atom stereocenters. The SMILES string of the molecule is c1ccc(-c2cccc(-c3nc(-c4ccccc4)nc(-c4ccc5c(c4)C4(c6ccccc6Oc6ccccc64)c4cc(-c6cccnc6)ccc4-5)n3)c2)cc1. The molecule has 0 unspecified atom stereocenters. The maximum Gasteiger partial charge on any atom is 0.164 e. The molecule has 0 fully saturated rings. The maximum atomic E-state index is 6.65. The lowest BCUT2D eigenvalue weighted by atomic mass is 9.65. The molecule has 262 valence electrons. The fourth-order valence-electron chi connectivity index (χ4n) is 8.57. The number of rotatable bonds is 5. The minimum absolute atomic E-state index is 0.609. The first-order chi connectivity index (χ1) is 27.7. The Bertz CT molecular complexity index is 2900. The van der Waals surface area contributed by atoms with E-state index in [1.807, 2.05) is 67.0 Å². The average Bonchev–Trinajstić information content (AvgIpc) is 3.56. The van der Waals surface area contributed by atoms with Crippen molar-refractivity contribution >= 4 is 0 Å². The lowest BCUT2D eigenvalue weighted by Gasteiger charge is -2.39. The molecular weight excluding hydrogens is 685 g/mol. The molecule has 7 aromatic carbocycles. The predicted molar refractivity (Wildman–Crippen MR) is 222 cm³/mol. The largest absolute Gasteiger partial charge is 0.457 e. The van der Waals surface area contributed by atoms with Crippen LogP contribution in [-0.2, 0) is 5.41 Å². The van der Waals surface area contributed by atoms with Crippen LogP contribution < -0.4 is 4.74 Å². The van der Waals surface area contributed by atoms with Gasteiger partial charge in [-0.05, 0) is 80.9 Å². The Morgan fingerprint density at radius 3 is 1.46 bits per heavy atom. The third kappa shape index (κ3) is 5.02. The first kappa shape index (κ1) is 32.0. The van der Waals surface area contributed by atoms with Crippen LogP contribution in [0.1, 0.15) is 22.3 Å². The van der Waals surface area contributed by atoms with Crippen molar-refractivity contribution in [2.45, 2.75) is 5.41 Å². The van der Waals surface area contributed by atoms with Crippen LogP contribution in [0.5, 0.6) is 11.5 Å². The molecule has 1 aliphatic carbocycles. The normalized spacial score (nSPS) is 12.9. The zero-order chi connectivity index (χ0) is 37.1. The quantitative estimate of drug-likeness (QED) is 0.177. The smallest absolute Gasteiger partial charge is 0.164 e. The van der Waals surface area contributed by atoms with E-state index < -0.39 is 5.41 Å². The van der Waals surface area contributed by atoms with Gasteiger partial charge in [0.25, 0.3) is 0 Å². The van der Waals surface area contributed by atoms with E-state index in [1.54, 1.807) is 0 Å². The van der Waals surface area contributed by atoms with Crippen molar-refractivity contribution in [2.24, 2.45) is 0 Å². The summed E-state index contributed by atoms with van der Waals surface area (Å²) in [6.07, 6.45) is 3.75. The van der Waals surface area contributed by atoms with Gasteiger partial charge in [-0.1, -0.05) is 146 Å². The molecule has 2 aromatic heterocycles. The summed E-state index contributed by atoms with van der Waals surface area (Å²) in [6, 6.07) is 63.5. The molecule has 3 heterocycles. The van der Waals surface area contributed by atoms with Gasteiger partial charge in [0.1, 0.15) is 11.5 Å². The summed E-state index contributed by atoms with van der Waals surface area (Å²) in [5, 5.41) is 0. The topological polar surface area (TPSA) is 60.8 Å². The molecular formula is C51H32N4O. The molecule has 1 spiro atoms. The fraction of sp³-hybridized carbons (Fsp3) is 0.0196. The molecule has 5 nitrogen and oxygen atoms in total. The van der Waals surface area contributed by atoms with Gasteiger partial charge in [0, 0.05) is 40.2 Å². The Labute approximate surface area is 324 Å².